The minimum atomic E-state index is -7.01. The summed E-state index contributed by atoms with van der Waals surface area (Å²) >= 11 is 0. The van der Waals surface area contributed by atoms with Crippen LogP contribution in [0.4, 0.5) is 39.5 Å². The van der Waals surface area contributed by atoms with Gasteiger partial charge in [-0.15, -0.1) is 6.58 Å². The van der Waals surface area contributed by atoms with Gasteiger partial charge in [0.05, 0.1) is 0 Å². The van der Waals surface area contributed by atoms with Crippen LogP contribution < -0.4 is 5.32 Å². The molecule has 1 N–H and O–H groups in total. The molecule has 0 aromatic rings. The van der Waals surface area contributed by atoms with Gasteiger partial charge in [0, 0.05) is 6.42 Å². The first-order valence-corrected chi connectivity index (χ1v) is 7.83. The van der Waals surface area contributed by atoms with Crippen molar-refractivity contribution >= 4 is 5.91 Å². The molecule has 154 valence electrons. The number of carbonyl (C=O) groups is 1. The van der Waals surface area contributed by atoms with Crippen molar-refractivity contribution in [1.82, 2.24) is 5.32 Å². The average molecular weight is 401 g/mol. The average Bonchev–Trinajstić information content (AvgIpc) is 2.48. The van der Waals surface area contributed by atoms with Crippen molar-refractivity contribution in [3.8, 4) is 0 Å². The molecule has 0 rings (SSSR count). The van der Waals surface area contributed by atoms with E-state index in [4.69, 9.17) is 0 Å². The van der Waals surface area contributed by atoms with E-state index < -0.39 is 36.4 Å². The summed E-state index contributed by atoms with van der Waals surface area (Å²) in [7, 11) is 0. The number of allylic oxidation sites excluding steroid dienone is 1. The third kappa shape index (κ3) is 6.39. The molecule has 0 unspecified atom stereocenters. The third-order valence-corrected chi connectivity index (χ3v) is 3.50. The van der Waals surface area contributed by atoms with Crippen molar-refractivity contribution in [3.05, 3.63) is 12.7 Å². The fraction of sp³-hybridized carbons (Fsp3) is 0.800. The molecule has 0 saturated carbocycles. The molecule has 0 aromatic heterocycles. The highest BCUT2D eigenvalue weighted by Gasteiger charge is 2.82. The van der Waals surface area contributed by atoms with Gasteiger partial charge in [-0.2, -0.15) is 39.5 Å². The molecule has 0 aliphatic carbocycles. The van der Waals surface area contributed by atoms with Gasteiger partial charge in [-0.05, 0) is 19.3 Å². The maximum atomic E-state index is 13.2. The maximum Gasteiger partial charge on any atom is 0.460 e. The second-order valence-electron chi connectivity index (χ2n) is 5.72. The van der Waals surface area contributed by atoms with Gasteiger partial charge >= 0.3 is 24.1 Å². The summed E-state index contributed by atoms with van der Waals surface area (Å²) in [5.74, 6) is -15.6. The van der Waals surface area contributed by atoms with Gasteiger partial charge in [-0.3, -0.25) is 10.1 Å². The standard InChI is InChI=1S/C15H20F9NO/c1-2-3-4-5-6-7-8-9-10-11(26)25-15(23,24)13(18,19)12(16,17)14(20,21)22/h2H,1,3-10H2,(H,25,26). The first kappa shape index (κ1) is 24.6. The third-order valence-electron chi connectivity index (χ3n) is 3.50. The molecule has 0 spiro atoms. The molecule has 0 fully saturated rings. The highest BCUT2D eigenvalue weighted by atomic mass is 19.4. The lowest BCUT2D eigenvalue weighted by atomic mass is 10.1. The molecule has 0 aliphatic rings. The topological polar surface area (TPSA) is 29.1 Å². The Balaban J connectivity index is 4.48. The molecule has 2 nitrogen and oxygen atoms in total. The van der Waals surface area contributed by atoms with E-state index in [0.29, 0.717) is 12.8 Å². The Morgan fingerprint density at radius 1 is 0.769 bits per heavy atom. The summed E-state index contributed by atoms with van der Waals surface area (Å²) in [4.78, 5) is 11.2. The molecule has 0 aromatic carbocycles. The second-order valence-corrected chi connectivity index (χ2v) is 5.72. The zero-order chi connectivity index (χ0) is 20.6. The molecule has 1 amide bonds. The molecular formula is C15H20F9NO. The number of unbranched alkanes of at least 4 members (excludes halogenated alkanes) is 6. The Morgan fingerprint density at radius 2 is 1.23 bits per heavy atom. The first-order valence-electron chi connectivity index (χ1n) is 7.83. The van der Waals surface area contributed by atoms with Crippen molar-refractivity contribution in [3.63, 3.8) is 0 Å². The number of halogens is 9. The summed E-state index contributed by atoms with van der Waals surface area (Å²) in [6.45, 7) is 3.53. The van der Waals surface area contributed by atoms with Crippen molar-refractivity contribution in [2.24, 2.45) is 0 Å². The summed E-state index contributed by atoms with van der Waals surface area (Å²) in [5.41, 5.74) is 0. The molecule has 0 radical (unpaired) electrons. The van der Waals surface area contributed by atoms with Crippen LogP contribution in [0.25, 0.3) is 0 Å². The lowest BCUT2D eigenvalue weighted by molar-refractivity contribution is -0.399. The van der Waals surface area contributed by atoms with Crippen LogP contribution in [0, 0.1) is 0 Å². The SMILES string of the molecule is C=CCCCCCCCCC(=O)NC(F)(F)C(F)(F)C(F)(F)C(F)(F)F. The van der Waals surface area contributed by atoms with Gasteiger partial charge in [0.25, 0.3) is 0 Å². The molecule has 0 heterocycles. The number of carbonyl (C=O) groups excluding carboxylic acids is 1. The fourth-order valence-electron chi connectivity index (χ4n) is 1.97. The molecular weight excluding hydrogens is 381 g/mol. The summed E-state index contributed by atoms with van der Waals surface area (Å²) in [6.07, 6.45) is -1.46. The minimum Gasteiger partial charge on any atom is -0.292 e. The van der Waals surface area contributed by atoms with Gasteiger partial charge < -0.3 is 0 Å². The largest absolute Gasteiger partial charge is 0.460 e. The van der Waals surface area contributed by atoms with Crippen LogP contribution in [0.1, 0.15) is 51.4 Å². The molecule has 0 aliphatic heterocycles. The normalized spacial score (nSPS) is 13.6. The van der Waals surface area contributed by atoms with Gasteiger partial charge in [-0.1, -0.05) is 31.8 Å². The van der Waals surface area contributed by atoms with Gasteiger partial charge in [0.15, 0.2) is 0 Å². The summed E-state index contributed by atoms with van der Waals surface area (Å²) in [5, 5.41) is 0.280. The van der Waals surface area contributed by atoms with Gasteiger partial charge in [0.1, 0.15) is 0 Å². The number of rotatable bonds is 12. The Morgan fingerprint density at radius 3 is 1.69 bits per heavy atom. The van der Waals surface area contributed by atoms with E-state index in [9.17, 15) is 44.3 Å². The predicted molar refractivity (Wildman–Crippen MR) is 76.2 cm³/mol. The summed E-state index contributed by atoms with van der Waals surface area (Å²) in [6, 6.07) is -6.06. The maximum absolute atomic E-state index is 13.2. The fourth-order valence-corrected chi connectivity index (χ4v) is 1.97. The minimum absolute atomic E-state index is 0.00457. The van der Waals surface area contributed by atoms with Crippen LogP contribution >= 0.6 is 0 Å². The van der Waals surface area contributed by atoms with Crippen LogP contribution in [-0.4, -0.2) is 30.0 Å². The molecule has 26 heavy (non-hydrogen) atoms. The van der Waals surface area contributed by atoms with E-state index in [2.05, 4.69) is 6.58 Å². The van der Waals surface area contributed by atoms with Crippen LogP contribution in [0.3, 0.4) is 0 Å². The highest BCUT2D eigenvalue weighted by molar-refractivity contribution is 5.76. The number of alkyl halides is 9. The van der Waals surface area contributed by atoms with Crippen LogP contribution in [-0.2, 0) is 4.79 Å². The van der Waals surface area contributed by atoms with Crippen molar-refractivity contribution < 1.29 is 44.3 Å². The lowest BCUT2D eigenvalue weighted by Gasteiger charge is -2.33. The van der Waals surface area contributed by atoms with Gasteiger partial charge in [0.2, 0.25) is 5.91 Å². The molecule has 0 atom stereocenters. The van der Waals surface area contributed by atoms with Crippen molar-refractivity contribution in [2.45, 2.75) is 75.4 Å². The van der Waals surface area contributed by atoms with E-state index in [1.165, 1.54) is 0 Å². The lowest BCUT2D eigenvalue weighted by Crippen LogP contribution is -2.66. The van der Waals surface area contributed by atoms with Gasteiger partial charge in [-0.25, -0.2) is 0 Å². The number of amides is 1. The Kier molecular flexibility index (Phi) is 8.98. The zero-order valence-corrected chi connectivity index (χ0v) is 13.8. The Bertz CT molecular complexity index is 461. The van der Waals surface area contributed by atoms with Crippen LogP contribution in [0.15, 0.2) is 12.7 Å². The first-order chi connectivity index (χ1) is 11.7. The van der Waals surface area contributed by atoms with Crippen molar-refractivity contribution in [1.29, 1.82) is 0 Å². The van der Waals surface area contributed by atoms with E-state index in [0.717, 1.165) is 25.7 Å². The van der Waals surface area contributed by atoms with E-state index in [1.54, 1.807) is 6.08 Å². The van der Waals surface area contributed by atoms with E-state index in [-0.39, 0.29) is 11.7 Å². The highest BCUT2D eigenvalue weighted by Crippen LogP contribution is 2.52. The zero-order valence-electron chi connectivity index (χ0n) is 13.8. The Labute approximate surface area is 144 Å². The monoisotopic (exact) mass is 401 g/mol. The van der Waals surface area contributed by atoms with Crippen LogP contribution in [0.2, 0.25) is 0 Å². The van der Waals surface area contributed by atoms with Crippen LogP contribution in [0.5, 0.6) is 0 Å². The smallest absolute Gasteiger partial charge is 0.292 e. The number of nitrogens with one attached hydrogen (secondary N) is 1. The summed E-state index contributed by atoms with van der Waals surface area (Å²) < 4.78 is 113. The Hall–Kier alpha value is -1.42. The van der Waals surface area contributed by atoms with Crippen molar-refractivity contribution in [2.75, 3.05) is 0 Å². The van der Waals surface area contributed by atoms with E-state index >= 15 is 0 Å². The quantitative estimate of drug-likeness (QED) is 0.189. The predicted octanol–water partition coefficient (Wildman–Crippen LogP) is 5.84. The van der Waals surface area contributed by atoms with E-state index in [1.807, 2.05) is 0 Å². The molecule has 0 bridgehead atoms. The molecule has 11 heteroatoms. The number of hydrogen-bond acceptors (Lipinski definition) is 1. The second kappa shape index (κ2) is 9.50. The number of hydrogen-bond donors (Lipinski definition) is 1. The molecule has 0 saturated heterocycles.